The first-order chi connectivity index (χ1) is 9.00. The number of thiophene rings is 1. The van der Waals surface area contributed by atoms with Crippen molar-refractivity contribution in [3.8, 4) is 0 Å². The van der Waals surface area contributed by atoms with Gasteiger partial charge in [0.05, 0.1) is 0 Å². The van der Waals surface area contributed by atoms with Crippen molar-refractivity contribution < 1.29 is 14.7 Å². The molecule has 19 heavy (non-hydrogen) atoms. The minimum Gasteiger partial charge on any atom is -0.479 e. The fourth-order valence-corrected chi connectivity index (χ4v) is 2.26. The maximum Gasteiger partial charge on any atom is 0.331 e. The Kier molecular flexibility index (Phi) is 6.31. The van der Waals surface area contributed by atoms with Crippen LogP contribution in [0.5, 0.6) is 0 Å². The lowest BCUT2D eigenvalue weighted by Gasteiger charge is -2.14. The number of carboxylic acid groups (broad SMARTS) is 1. The van der Waals surface area contributed by atoms with Crippen LogP contribution in [0.4, 0.5) is 4.79 Å². The van der Waals surface area contributed by atoms with E-state index in [1.165, 1.54) is 11.3 Å². The third-order valence-corrected chi connectivity index (χ3v) is 3.35. The van der Waals surface area contributed by atoms with Crippen molar-refractivity contribution >= 4 is 23.3 Å². The molecule has 0 radical (unpaired) electrons. The lowest BCUT2D eigenvalue weighted by atomic mass is 10.2. The Morgan fingerprint density at radius 3 is 2.74 bits per heavy atom. The standard InChI is InChI=1S/C12H19N3O3S/c1-15(2)7-4-6-13-12(18)14-10(11(16)17)9-5-3-8-19-9/h3,5,8,10H,4,6-7H2,1-2H3,(H,16,17)(H2,13,14,18). The van der Waals surface area contributed by atoms with Crippen molar-refractivity contribution in [1.82, 2.24) is 15.5 Å². The Hall–Kier alpha value is -1.60. The lowest BCUT2D eigenvalue weighted by molar-refractivity contribution is -0.139. The number of nitrogens with one attached hydrogen (secondary N) is 2. The van der Waals surface area contributed by atoms with Gasteiger partial charge in [0, 0.05) is 11.4 Å². The van der Waals surface area contributed by atoms with Crippen LogP contribution in [0, 0.1) is 0 Å². The molecule has 106 valence electrons. The minimum atomic E-state index is -1.06. The van der Waals surface area contributed by atoms with E-state index < -0.39 is 18.0 Å². The molecular weight excluding hydrogens is 266 g/mol. The number of rotatable bonds is 7. The van der Waals surface area contributed by atoms with Crippen LogP contribution >= 0.6 is 11.3 Å². The molecule has 0 saturated carbocycles. The Morgan fingerprint density at radius 2 is 2.21 bits per heavy atom. The smallest absolute Gasteiger partial charge is 0.331 e. The third kappa shape index (κ3) is 5.71. The van der Waals surface area contributed by atoms with E-state index in [1.807, 2.05) is 19.0 Å². The Bertz CT molecular complexity index is 406. The molecule has 0 fully saturated rings. The number of aliphatic carboxylic acids is 1. The highest BCUT2D eigenvalue weighted by atomic mass is 32.1. The quantitative estimate of drug-likeness (QED) is 0.656. The maximum atomic E-state index is 11.6. The van der Waals surface area contributed by atoms with E-state index in [9.17, 15) is 9.59 Å². The highest BCUT2D eigenvalue weighted by molar-refractivity contribution is 7.10. The summed E-state index contributed by atoms with van der Waals surface area (Å²) in [5.41, 5.74) is 0. The zero-order valence-corrected chi connectivity index (χ0v) is 11.9. The summed E-state index contributed by atoms with van der Waals surface area (Å²) in [5, 5.41) is 16.0. The molecule has 6 nitrogen and oxygen atoms in total. The van der Waals surface area contributed by atoms with Gasteiger partial charge >= 0.3 is 12.0 Å². The van der Waals surface area contributed by atoms with Gasteiger partial charge in [0.25, 0.3) is 0 Å². The van der Waals surface area contributed by atoms with Crippen LogP contribution in [0.25, 0.3) is 0 Å². The second kappa shape index (κ2) is 7.75. The number of urea groups is 1. The van der Waals surface area contributed by atoms with Gasteiger partial charge in [-0.05, 0) is 38.5 Å². The predicted molar refractivity (Wildman–Crippen MR) is 74.4 cm³/mol. The van der Waals surface area contributed by atoms with Crippen molar-refractivity contribution in [2.75, 3.05) is 27.2 Å². The van der Waals surface area contributed by atoms with E-state index in [-0.39, 0.29) is 0 Å². The molecule has 0 aliphatic rings. The summed E-state index contributed by atoms with van der Waals surface area (Å²) >= 11 is 1.30. The molecular formula is C12H19N3O3S. The van der Waals surface area contributed by atoms with E-state index in [4.69, 9.17) is 5.11 Å². The number of amides is 2. The number of carbonyl (C=O) groups is 2. The largest absolute Gasteiger partial charge is 0.479 e. The fraction of sp³-hybridized carbons (Fsp3) is 0.500. The van der Waals surface area contributed by atoms with Crippen LogP contribution in [0.2, 0.25) is 0 Å². The first-order valence-corrected chi connectivity index (χ1v) is 6.84. The van der Waals surface area contributed by atoms with Crippen molar-refractivity contribution in [2.24, 2.45) is 0 Å². The van der Waals surface area contributed by atoms with Gasteiger partial charge in [-0.2, -0.15) is 0 Å². The Balaban J connectivity index is 2.39. The van der Waals surface area contributed by atoms with Gasteiger partial charge in [0.2, 0.25) is 0 Å². The highest BCUT2D eigenvalue weighted by Gasteiger charge is 2.22. The van der Waals surface area contributed by atoms with Crippen molar-refractivity contribution in [2.45, 2.75) is 12.5 Å². The van der Waals surface area contributed by atoms with Crippen LogP contribution in [-0.4, -0.2) is 49.2 Å². The molecule has 1 rings (SSSR count). The Morgan fingerprint density at radius 1 is 1.47 bits per heavy atom. The van der Waals surface area contributed by atoms with Crippen LogP contribution in [-0.2, 0) is 4.79 Å². The van der Waals surface area contributed by atoms with Gasteiger partial charge in [-0.15, -0.1) is 11.3 Å². The van der Waals surface area contributed by atoms with Gasteiger partial charge < -0.3 is 20.6 Å². The summed E-state index contributed by atoms with van der Waals surface area (Å²) in [7, 11) is 3.91. The summed E-state index contributed by atoms with van der Waals surface area (Å²) in [6.07, 6.45) is 0.817. The van der Waals surface area contributed by atoms with Crippen LogP contribution in [0.1, 0.15) is 17.3 Å². The molecule has 0 spiro atoms. The van der Waals surface area contributed by atoms with Crippen LogP contribution < -0.4 is 10.6 Å². The van der Waals surface area contributed by atoms with E-state index in [2.05, 4.69) is 10.6 Å². The number of hydrogen-bond acceptors (Lipinski definition) is 4. The maximum absolute atomic E-state index is 11.6. The molecule has 1 atom stereocenters. The van der Waals surface area contributed by atoms with E-state index in [0.29, 0.717) is 11.4 Å². The first-order valence-electron chi connectivity index (χ1n) is 5.96. The molecule has 1 heterocycles. The van der Waals surface area contributed by atoms with Gasteiger partial charge in [-0.25, -0.2) is 9.59 Å². The van der Waals surface area contributed by atoms with Gasteiger partial charge in [-0.1, -0.05) is 6.07 Å². The molecule has 1 aromatic heterocycles. The molecule has 0 aliphatic carbocycles. The molecule has 0 saturated heterocycles. The molecule has 0 aromatic carbocycles. The second-order valence-electron chi connectivity index (χ2n) is 4.34. The molecule has 7 heteroatoms. The second-order valence-corrected chi connectivity index (χ2v) is 5.32. The zero-order chi connectivity index (χ0) is 14.3. The van der Waals surface area contributed by atoms with Crippen molar-refractivity contribution in [3.05, 3.63) is 22.4 Å². The summed E-state index contributed by atoms with van der Waals surface area (Å²) in [4.78, 5) is 25.3. The van der Waals surface area contributed by atoms with Crippen LogP contribution in [0.3, 0.4) is 0 Å². The SMILES string of the molecule is CN(C)CCCNC(=O)NC(C(=O)O)c1cccs1. The number of nitrogens with zero attached hydrogens (tertiary/aromatic N) is 1. The first kappa shape index (κ1) is 15.5. The average molecular weight is 285 g/mol. The van der Waals surface area contributed by atoms with E-state index in [0.717, 1.165) is 13.0 Å². The van der Waals surface area contributed by atoms with Gasteiger partial charge in [0.1, 0.15) is 0 Å². The number of carboxylic acids is 1. The number of hydrogen-bond donors (Lipinski definition) is 3. The van der Waals surface area contributed by atoms with E-state index >= 15 is 0 Å². The van der Waals surface area contributed by atoms with Crippen LogP contribution in [0.15, 0.2) is 17.5 Å². The third-order valence-electron chi connectivity index (χ3n) is 2.42. The molecule has 0 bridgehead atoms. The Labute approximate surface area is 116 Å². The molecule has 1 aromatic rings. The number of carbonyl (C=O) groups excluding carboxylic acids is 1. The van der Waals surface area contributed by atoms with E-state index in [1.54, 1.807) is 17.5 Å². The predicted octanol–water partition coefficient (Wildman–Crippen LogP) is 1.12. The monoisotopic (exact) mass is 285 g/mol. The molecule has 3 N–H and O–H groups in total. The lowest BCUT2D eigenvalue weighted by Crippen LogP contribution is -2.41. The fourth-order valence-electron chi connectivity index (χ4n) is 1.49. The zero-order valence-electron chi connectivity index (χ0n) is 11.0. The van der Waals surface area contributed by atoms with Crippen molar-refractivity contribution in [1.29, 1.82) is 0 Å². The minimum absolute atomic E-state index is 0.459. The summed E-state index contributed by atoms with van der Waals surface area (Å²) in [6.45, 7) is 1.38. The summed E-state index contributed by atoms with van der Waals surface area (Å²) in [5.74, 6) is -1.06. The molecule has 2 amide bonds. The highest BCUT2D eigenvalue weighted by Crippen LogP contribution is 2.18. The summed E-state index contributed by atoms with van der Waals surface area (Å²) in [6, 6.07) is 2.00. The normalized spacial score (nSPS) is 12.2. The molecule has 1 unspecified atom stereocenters. The molecule has 0 aliphatic heterocycles. The van der Waals surface area contributed by atoms with Gasteiger partial charge in [-0.3, -0.25) is 0 Å². The topological polar surface area (TPSA) is 81.7 Å². The van der Waals surface area contributed by atoms with Crippen molar-refractivity contribution in [3.63, 3.8) is 0 Å². The summed E-state index contributed by atoms with van der Waals surface area (Å²) < 4.78 is 0. The average Bonchev–Trinajstić information content (AvgIpc) is 2.84. The van der Waals surface area contributed by atoms with Gasteiger partial charge in [0.15, 0.2) is 6.04 Å².